The zero-order valence-electron chi connectivity index (χ0n) is 12.4. The van der Waals surface area contributed by atoms with Crippen LogP contribution in [0.15, 0.2) is 36.4 Å². The molecule has 0 fully saturated rings. The highest BCUT2D eigenvalue weighted by Crippen LogP contribution is 2.23. The van der Waals surface area contributed by atoms with Crippen LogP contribution in [-0.2, 0) is 0 Å². The van der Waals surface area contributed by atoms with Crippen molar-refractivity contribution in [1.29, 1.82) is 0 Å². The fourth-order valence-electron chi connectivity index (χ4n) is 2.40. The second-order valence-electron chi connectivity index (χ2n) is 5.28. The predicted molar refractivity (Wildman–Crippen MR) is 98.3 cm³/mol. The Morgan fingerprint density at radius 3 is 2.62 bits per heavy atom. The number of unbranched alkanes of at least 4 members (excludes halogenated alkanes) is 3. The summed E-state index contributed by atoms with van der Waals surface area (Å²) in [6, 6.07) is 12.4. The number of aliphatic hydroxyl groups excluding tert-OH is 1. The minimum Gasteiger partial charge on any atom is -0.380 e. The van der Waals surface area contributed by atoms with Crippen molar-refractivity contribution in [3.8, 4) is 11.8 Å². The first-order valence-corrected chi connectivity index (χ1v) is 8.67. The third kappa shape index (κ3) is 4.72. The molecule has 0 radical (unpaired) electrons. The first kappa shape index (κ1) is 16.3. The van der Waals surface area contributed by atoms with Crippen LogP contribution in [0.2, 0.25) is 0 Å². The van der Waals surface area contributed by atoms with Gasteiger partial charge in [0.05, 0.1) is 0 Å². The van der Waals surface area contributed by atoms with E-state index in [4.69, 9.17) is 0 Å². The summed E-state index contributed by atoms with van der Waals surface area (Å²) in [6.07, 6.45) is 4.95. The molecule has 0 bridgehead atoms. The van der Waals surface area contributed by atoms with Crippen LogP contribution in [0.25, 0.3) is 10.8 Å². The van der Waals surface area contributed by atoms with Gasteiger partial charge in [0.25, 0.3) is 0 Å². The Hall–Kier alpha value is -1.05. The average Bonchev–Trinajstić information content (AvgIpc) is 2.49. The fraction of sp³-hybridized carbons (Fsp3) is 0.368. The van der Waals surface area contributed by atoms with Crippen molar-refractivity contribution >= 4 is 33.4 Å². The van der Waals surface area contributed by atoms with Crippen molar-refractivity contribution in [3.05, 3.63) is 45.5 Å². The summed E-state index contributed by atoms with van der Waals surface area (Å²) in [5, 5.41) is 12.4. The summed E-state index contributed by atoms with van der Waals surface area (Å²) in [4.78, 5) is 0. The van der Waals surface area contributed by atoms with Gasteiger partial charge in [-0.15, -0.1) is 0 Å². The highest BCUT2D eigenvalue weighted by atomic mass is 127. The van der Waals surface area contributed by atoms with Crippen molar-refractivity contribution < 1.29 is 5.11 Å². The van der Waals surface area contributed by atoms with E-state index in [1.165, 1.54) is 33.6 Å². The first-order chi connectivity index (χ1) is 10.2. The Balaban J connectivity index is 2.12. The van der Waals surface area contributed by atoms with Crippen molar-refractivity contribution in [2.45, 2.75) is 45.1 Å². The van der Waals surface area contributed by atoms with Gasteiger partial charge in [0, 0.05) is 14.5 Å². The molecule has 1 unspecified atom stereocenters. The summed E-state index contributed by atoms with van der Waals surface area (Å²) >= 11 is 2.34. The molecule has 0 aliphatic heterocycles. The van der Waals surface area contributed by atoms with Gasteiger partial charge in [-0.2, -0.15) is 0 Å². The average molecular weight is 392 g/mol. The molecule has 0 saturated carbocycles. The molecule has 0 saturated heterocycles. The molecule has 0 heterocycles. The number of rotatable bonds is 5. The topological polar surface area (TPSA) is 20.2 Å². The number of fused-ring (bicyclic) bond motifs is 1. The smallest absolute Gasteiger partial charge is 0.115 e. The molecule has 21 heavy (non-hydrogen) atoms. The first-order valence-electron chi connectivity index (χ1n) is 7.59. The van der Waals surface area contributed by atoms with Crippen LogP contribution in [-0.4, -0.2) is 11.2 Å². The minimum absolute atomic E-state index is 0.515. The van der Waals surface area contributed by atoms with Crippen molar-refractivity contribution in [3.63, 3.8) is 0 Å². The number of hydrogen-bond acceptors (Lipinski definition) is 1. The molecule has 1 nitrogen and oxygen atoms in total. The highest BCUT2D eigenvalue weighted by Gasteiger charge is 2.03. The summed E-state index contributed by atoms with van der Waals surface area (Å²) in [5.74, 6) is 6.16. The molecular weight excluding hydrogens is 371 g/mol. The van der Waals surface area contributed by atoms with E-state index in [0.717, 1.165) is 18.4 Å². The van der Waals surface area contributed by atoms with Gasteiger partial charge in [-0.3, -0.25) is 0 Å². The lowest BCUT2D eigenvalue weighted by Gasteiger charge is -2.04. The van der Waals surface area contributed by atoms with Crippen LogP contribution in [0.1, 0.15) is 44.6 Å². The molecule has 2 aromatic rings. The molecule has 2 rings (SSSR count). The second kappa shape index (κ2) is 8.41. The Kier molecular flexibility index (Phi) is 6.53. The lowest BCUT2D eigenvalue weighted by Crippen LogP contribution is -2.02. The van der Waals surface area contributed by atoms with E-state index in [1.807, 2.05) is 12.1 Å². The number of aliphatic hydroxyl groups is 1. The van der Waals surface area contributed by atoms with Crippen LogP contribution < -0.4 is 0 Å². The van der Waals surface area contributed by atoms with Crippen LogP contribution in [0.4, 0.5) is 0 Å². The number of hydrogen-bond donors (Lipinski definition) is 1. The molecule has 110 valence electrons. The third-order valence-electron chi connectivity index (χ3n) is 3.56. The van der Waals surface area contributed by atoms with E-state index < -0.39 is 6.10 Å². The quantitative estimate of drug-likeness (QED) is 0.425. The van der Waals surface area contributed by atoms with Gasteiger partial charge >= 0.3 is 0 Å². The van der Waals surface area contributed by atoms with Gasteiger partial charge in [-0.05, 0) is 53.0 Å². The molecule has 0 spiro atoms. The molecule has 0 aromatic heterocycles. The van der Waals surface area contributed by atoms with E-state index in [0.29, 0.717) is 0 Å². The van der Waals surface area contributed by atoms with Crippen LogP contribution in [0.3, 0.4) is 0 Å². The second-order valence-corrected chi connectivity index (χ2v) is 6.44. The Morgan fingerprint density at radius 1 is 1.10 bits per heavy atom. The van der Waals surface area contributed by atoms with Gasteiger partial charge < -0.3 is 5.11 Å². The number of halogens is 1. The maximum absolute atomic E-state index is 9.98. The summed E-state index contributed by atoms with van der Waals surface area (Å²) in [5.41, 5.74) is 1.00. The lowest BCUT2D eigenvalue weighted by molar-refractivity contribution is 0.217. The van der Waals surface area contributed by atoms with Gasteiger partial charge in [-0.25, -0.2) is 0 Å². The molecule has 2 aromatic carbocycles. The van der Waals surface area contributed by atoms with E-state index in [2.05, 4.69) is 65.6 Å². The van der Waals surface area contributed by atoms with Gasteiger partial charge in [0.1, 0.15) is 6.10 Å². The normalized spacial score (nSPS) is 12.0. The highest BCUT2D eigenvalue weighted by molar-refractivity contribution is 14.1. The molecule has 0 amide bonds. The summed E-state index contributed by atoms with van der Waals surface area (Å²) in [7, 11) is 0. The third-order valence-corrected chi connectivity index (χ3v) is 4.46. The van der Waals surface area contributed by atoms with Crippen molar-refractivity contribution in [2.24, 2.45) is 0 Å². The molecule has 1 atom stereocenters. The summed E-state index contributed by atoms with van der Waals surface area (Å²) in [6.45, 7) is 2.19. The van der Waals surface area contributed by atoms with Crippen molar-refractivity contribution in [2.75, 3.05) is 0 Å². The molecule has 0 aliphatic rings. The zero-order chi connectivity index (χ0) is 15.1. The maximum atomic E-state index is 9.98. The number of benzene rings is 2. The fourth-order valence-corrected chi connectivity index (χ4v) is 3.21. The Labute approximate surface area is 140 Å². The molecular formula is C19H21IO. The van der Waals surface area contributed by atoms with Gasteiger partial charge in [0.2, 0.25) is 0 Å². The molecule has 2 heteroatoms. The van der Waals surface area contributed by atoms with Gasteiger partial charge in [-0.1, -0.05) is 62.3 Å². The monoisotopic (exact) mass is 392 g/mol. The van der Waals surface area contributed by atoms with E-state index in [-0.39, 0.29) is 0 Å². The largest absolute Gasteiger partial charge is 0.380 e. The van der Waals surface area contributed by atoms with E-state index in [1.54, 1.807) is 0 Å². The molecule has 1 N–H and O–H groups in total. The maximum Gasteiger partial charge on any atom is 0.115 e. The van der Waals surface area contributed by atoms with E-state index in [9.17, 15) is 5.11 Å². The van der Waals surface area contributed by atoms with E-state index >= 15 is 0 Å². The SMILES string of the molecule is CCCCCCC(O)C#Cc1cccc2cccc(I)c12. The Bertz CT molecular complexity index is 646. The van der Waals surface area contributed by atoms with Gasteiger partial charge in [0.15, 0.2) is 0 Å². The van der Waals surface area contributed by atoms with Crippen LogP contribution >= 0.6 is 22.6 Å². The Morgan fingerprint density at radius 2 is 1.86 bits per heavy atom. The predicted octanol–water partition coefficient (Wildman–Crippen LogP) is 5.13. The van der Waals surface area contributed by atoms with Crippen molar-refractivity contribution in [1.82, 2.24) is 0 Å². The van der Waals surface area contributed by atoms with Crippen LogP contribution in [0, 0.1) is 15.4 Å². The molecule has 0 aliphatic carbocycles. The zero-order valence-corrected chi connectivity index (χ0v) is 14.6. The van der Waals surface area contributed by atoms with Crippen LogP contribution in [0.5, 0.6) is 0 Å². The standard InChI is InChI=1S/C19H21IO/c1-2-3-4-5-11-17(21)14-13-16-9-6-8-15-10-7-12-18(20)19(15)16/h6-10,12,17,21H,2-5,11H2,1H3. The minimum atomic E-state index is -0.515. The lowest BCUT2D eigenvalue weighted by atomic mass is 10.0. The summed E-state index contributed by atoms with van der Waals surface area (Å²) < 4.78 is 1.20.